The number of ketones is 1. The minimum atomic E-state index is -1.26. The van der Waals surface area contributed by atoms with Gasteiger partial charge in [0.25, 0.3) is 0 Å². The van der Waals surface area contributed by atoms with Crippen molar-refractivity contribution in [2.75, 3.05) is 6.61 Å². The lowest BCUT2D eigenvalue weighted by Gasteiger charge is -2.14. The predicted octanol–water partition coefficient (Wildman–Crippen LogP) is 1.78. The highest BCUT2D eigenvalue weighted by molar-refractivity contribution is 5.89. The highest BCUT2D eigenvalue weighted by Crippen LogP contribution is 2.30. The normalized spacial score (nSPS) is 12.1. The first kappa shape index (κ1) is 18.7. The van der Waals surface area contributed by atoms with E-state index in [-0.39, 0.29) is 18.8 Å². The summed E-state index contributed by atoms with van der Waals surface area (Å²) in [4.78, 5) is 34.4. The van der Waals surface area contributed by atoms with Gasteiger partial charge in [0.1, 0.15) is 17.9 Å². The van der Waals surface area contributed by atoms with Crippen LogP contribution in [-0.2, 0) is 16.0 Å². The molecule has 6 heteroatoms. The second-order valence-electron chi connectivity index (χ2n) is 6.23. The monoisotopic (exact) mass is 345 g/mol. The van der Waals surface area contributed by atoms with Crippen molar-refractivity contribution in [3.05, 3.63) is 39.7 Å². The molecule has 0 bridgehead atoms. The molecule has 0 fully saturated rings. The molecule has 0 N–H and O–H groups in total. The van der Waals surface area contributed by atoms with Gasteiger partial charge in [0.15, 0.2) is 5.78 Å². The fourth-order valence-corrected chi connectivity index (χ4v) is 2.69. The zero-order chi connectivity index (χ0) is 18.6. The molecule has 134 valence electrons. The predicted molar refractivity (Wildman–Crippen MR) is 90.5 cm³/mol. The lowest BCUT2D eigenvalue weighted by molar-refractivity contribution is -0.311. The second-order valence-corrected chi connectivity index (χ2v) is 6.23. The molecule has 0 unspecified atom stereocenters. The molecule has 2 aromatic rings. The number of aliphatic carboxylic acids is 1. The Kier molecular flexibility index (Phi) is 5.96. The Balaban J connectivity index is 2.32. The number of carbonyl (C=O) groups is 2. The van der Waals surface area contributed by atoms with Crippen LogP contribution in [0.15, 0.2) is 27.4 Å². The van der Waals surface area contributed by atoms with Gasteiger partial charge in [-0.05, 0) is 36.6 Å². The SMILES string of the molecule is CCCc1cc(=O)oc2cc(C)cc(OCC(=O)C[C@@H](C)C(=O)[O-])c12. The third-order valence-electron chi connectivity index (χ3n) is 3.88. The fourth-order valence-electron chi connectivity index (χ4n) is 2.69. The highest BCUT2D eigenvalue weighted by atomic mass is 16.5. The Morgan fingerprint density at radius 2 is 2.00 bits per heavy atom. The van der Waals surface area contributed by atoms with E-state index in [1.165, 1.54) is 13.0 Å². The third kappa shape index (κ3) is 4.68. The Bertz CT molecular complexity index is 849. The summed E-state index contributed by atoms with van der Waals surface area (Å²) in [6.07, 6.45) is 1.37. The summed E-state index contributed by atoms with van der Waals surface area (Å²) < 4.78 is 10.9. The second kappa shape index (κ2) is 7.96. The van der Waals surface area contributed by atoms with Crippen molar-refractivity contribution in [2.45, 2.75) is 40.0 Å². The van der Waals surface area contributed by atoms with Gasteiger partial charge in [-0.25, -0.2) is 4.79 Å². The molecule has 0 saturated heterocycles. The third-order valence-corrected chi connectivity index (χ3v) is 3.88. The number of benzene rings is 1. The molecule has 6 nitrogen and oxygen atoms in total. The summed E-state index contributed by atoms with van der Waals surface area (Å²) in [5.41, 5.74) is 1.63. The molecule has 1 aromatic heterocycles. The summed E-state index contributed by atoms with van der Waals surface area (Å²) in [5.74, 6) is -2.00. The van der Waals surface area contributed by atoms with Gasteiger partial charge in [-0.2, -0.15) is 0 Å². The molecule has 25 heavy (non-hydrogen) atoms. The quantitative estimate of drug-likeness (QED) is 0.677. The van der Waals surface area contributed by atoms with E-state index in [0.717, 1.165) is 17.5 Å². The minimum absolute atomic E-state index is 0.150. The van der Waals surface area contributed by atoms with Gasteiger partial charge in [-0.1, -0.05) is 20.3 Å². The first-order valence-electron chi connectivity index (χ1n) is 8.24. The molecule has 2 rings (SSSR count). The van der Waals surface area contributed by atoms with Crippen LogP contribution in [0.25, 0.3) is 11.0 Å². The van der Waals surface area contributed by atoms with E-state index in [9.17, 15) is 19.5 Å². The first-order valence-corrected chi connectivity index (χ1v) is 8.24. The van der Waals surface area contributed by atoms with Gasteiger partial charge in [-0.15, -0.1) is 0 Å². The fraction of sp³-hybridized carbons (Fsp3) is 0.421. The van der Waals surface area contributed by atoms with Gasteiger partial charge >= 0.3 is 5.63 Å². The van der Waals surface area contributed by atoms with Crippen LogP contribution in [-0.4, -0.2) is 18.4 Å². The Hall–Kier alpha value is -2.63. The summed E-state index contributed by atoms with van der Waals surface area (Å²) >= 11 is 0. The van der Waals surface area contributed by atoms with Crippen LogP contribution < -0.4 is 15.5 Å². The van der Waals surface area contributed by atoms with Crippen LogP contribution in [0.5, 0.6) is 5.75 Å². The van der Waals surface area contributed by atoms with Crippen molar-refractivity contribution in [3.8, 4) is 5.75 Å². The molecule has 0 radical (unpaired) electrons. The molecule has 0 spiro atoms. The van der Waals surface area contributed by atoms with Crippen molar-refractivity contribution in [1.82, 2.24) is 0 Å². The number of carbonyl (C=O) groups excluding carboxylic acids is 2. The number of rotatable bonds is 8. The first-order chi connectivity index (χ1) is 11.8. The average Bonchev–Trinajstić information content (AvgIpc) is 2.51. The Morgan fingerprint density at radius 3 is 2.64 bits per heavy atom. The molecule has 0 aliphatic carbocycles. The van der Waals surface area contributed by atoms with Crippen molar-refractivity contribution in [1.29, 1.82) is 0 Å². The summed E-state index contributed by atoms with van der Waals surface area (Å²) in [6.45, 7) is 5.00. The van der Waals surface area contributed by atoms with Crippen molar-refractivity contribution in [2.24, 2.45) is 5.92 Å². The Morgan fingerprint density at radius 1 is 1.28 bits per heavy atom. The van der Waals surface area contributed by atoms with E-state index in [4.69, 9.17) is 9.15 Å². The van der Waals surface area contributed by atoms with Gasteiger partial charge in [-0.3, -0.25) is 4.79 Å². The van der Waals surface area contributed by atoms with Crippen LogP contribution in [0.4, 0.5) is 0 Å². The van der Waals surface area contributed by atoms with Crippen molar-refractivity contribution < 1.29 is 23.8 Å². The molecule has 0 aliphatic heterocycles. The summed E-state index contributed by atoms with van der Waals surface area (Å²) in [7, 11) is 0. The molecule has 1 aromatic carbocycles. The van der Waals surface area contributed by atoms with Gasteiger partial charge in [0, 0.05) is 24.4 Å². The number of aryl methyl sites for hydroxylation is 2. The molecule has 0 amide bonds. The van der Waals surface area contributed by atoms with Crippen molar-refractivity contribution >= 4 is 22.7 Å². The van der Waals surface area contributed by atoms with E-state index in [1.807, 2.05) is 13.8 Å². The minimum Gasteiger partial charge on any atom is -0.550 e. The van der Waals surface area contributed by atoms with E-state index in [1.54, 1.807) is 12.1 Å². The molecular formula is C19H21O6-. The van der Waals surface area contributed by atoms with E-state index in [0.29, 0.717) is 23.1 Å². The Labute approximate surface area is 145 Å². The standard InChI is InChI=1S/C19H22O6/c1-4-5-13-9-17(21)25-16-7-11(2)6-15(18(13)16)24-10-14(20)8-12(3)19(22)23/h6-7,9,12H,4-5,8,10H2,1-3H3,(H,22,23)/p-1/t12-/m1/s1. The maximum Gasteiger partial charge on any atom is 0.336 e. The molecule has 0 aliphatic rings. The van der Waals surface area contributed by atoms with Crippen LogP contribution in [0.3, 0.4) is 0 Å². The summed E-state index contributed by atoms with van der Waals surface area (Å²) in [6, 6.07) is 4.97. The zero-order valence-electron chi connectivity index (χ0n) is 14.6. The number of Topliss-reactive ketones (excluding diaryl/α,β-unsaturated/α-hetero) is 1. The molecule has 1 atom stereocenters. The molecular weight excluding hydrogens is 324 g/mol. The zero-order valence-corrected chi connectivity index (χ0v) is 14.6. The van der Waals surface area contributed by atoms with Gasteiger partial charge < -0.3 is 19.1 Å². The van der Waals surface area contributed by atoms with Crippen molar-refractivity contribution in [3.63, 3.8) is 0 Å². The van der Waals surface area contributed by atoms with Gasteiger partial charge in [0.05, 0.1) is 5.39 Å². The number of fused-ring (bicyclic) bond motifs is 1. The number of carboxylic acid groups (broad SMARTS) is 1. The number of carboxylic acids is 1. The number of ether oxygens (including phenoxy) is 1. The highest BCUT2D eigenvalue weighted by Gasteiger charge is 2.15. The van der Waals surface area contributed by atoms with Crippen LogP contribution in [0, 0.1) is 12.8 Å². The lowest BCUT2D eigenvalue weighted by atomic mass is 10.0. The summed E-state index contributed by atoms with van der Waals surface area (Å²) in [5, 5.41) is 11.4. The van der Waals surface area contributed by atoms with E-state index >= 15 is 0 Å². The van der Waals surface area contributed by atoms with Crippen LogP contribution >= 0.6 is 0 Å². The van der Waals surface area contributed by atoms with Crippen LogP contribution in [0.1, 0.15) is 37.8 Å². The topological polar surface area (TPSA) is 96.6 Å². The largest absolute Gasteiger partial charge is 0.550 e. The van der Waals surface area contributed by atoms with Crippen LogP contribution in [0.2, 0.25) is 0 Å². The van der Waals surface area contributed by atoms with Gasteiger partial charge in [0.2, 0.25) is 0 Å². The smallest absolute Gasteiger partial charge is 0.336 e. The number of hydrogen-bond donors (Lipinski definition) is 0. The number of hydrogen-bond acceptors (Lipinski definition) is 6. The maximum atomic E-state index is 11.9. The van der Waals surface area contributed by atoms with E-state index in [2.05, 4.69) is 0 Å². The average molecular weight is 345 g/mol. The molecule has 1 heterocycles. The molecule has 0 saturated carbocycles. The maximum absolute atomic E-state index is 11.9. The van der Waals surface area contributed by atoms with E-state index < -0.39 is 17.5 Å². The lowest BCUT2D eigenvalue weighted by Crippen LogP contribution is -2.31.